The molecule has 1 aliphatic heterocycles. The molecule has 1 aromatic heterocycles. The SMILES string of the molecule is CNC(=O)C[C@@H]1CN(C(=O)NCCn2cccc2)C[C@H]1O. The van der Waals surface area contributed by atoms with Crippen LogP contribution in [0.25, 0.3) is 0 Å². The van der Waals surface area contributed by atoms with E-state index in [1.54, 1.807) is 11.9 Å². The van der Waals surface area contributed by atoms with Gasteiger partial charge >= 0.3 is 6.03 Å². The molecule has 0 aromatic carbocycles. The summed E-state index contributed by atoms with van der Waals surface area (Å²) in [6, 6.07) is 3.67. The Morgan fingerprint density at radius 1 is 1.29 bits per heavy atom. The Morgan fingerprint density at radius 2 is 2.00 bits per heavy atom. The molecule has 7 heteroatoms. The van der Waals surface area contributed by atoms with Crippen molar-refractivity contribution in [3.63, 3.8) is 0 Å². The van der Waals surface area contributed by atoms with Gasteiger partial charge in [-0.2, -0.15) is 0 Å². The lowest BCUT2D eigenvalue weighted by atomic mass is 10.0. The molecule has 1 aliphatic rings. The van der Waals surface area contributed by atoms with Gasteiger partial charge in [0.25, 0.3) is 0 Å². The molecule has 1 aromatic rings. The molecular weight excluding hydrogens is 272 g/mol. The number of amides is 3. The van der Waals surface area contributed by atoms with Gasteiger partial charge in [-0.25, -0.2) is 4.79 Å². The number of rotatable bonds is 5. The van der Waals surface area contributed by atoms with E-state index >= 15 is 0 Å². The van der Waals surface area contributed by atoms with Gasteiger partial charge in [0, 0.05) is 58.0 Å². The van der Waals surface area contributed by atoms with E-state index in [2.05, 4.69) is 10.6 Å². The van der Waals surface area contributed by atoms with Crippen molar-refractivity contribution in [3.8, 4) is 0 Å². The van der Waals surface area contributed by atoms with E-state index in [1.165, 1.54) is 0 Å². The van der Waals surface area contributed by atoms with Crippen LogP contribution in [0.5, 0.6) is 0 Å². The molecule has 0 bridgehead atoms. The largest absolute Gasteiger partial charge is 0.391 e. The maximum absolute atomic E-state index is 12.0. The van der Waals surface area contributed by atoms with Crippen LogP contribution in [0, 0.1) is 5.92 Å². The van der Waals surface area contributed by atoms with Gasteiger partial charge in [-0.3, -0.25) is 4.79 Å². The Morgan fingerprint density at radius 3 is 2.67 bits per heavy atom. The topological polar surface area (TPSA) is 86.6 Å². The molecule has 1 fully saturated rings. The van der Waals surface area contributed by atoms with Gasteiger partial charge in [-0.05, 0) is 12.1 Å². The molecule has 116 valence electrons. The number of aromatic nitrogens is 1. The van der Waals surface area contributed by atoms with Gasteiger partial charge in [-0.15, -0.1) is 0 Å². The molecular formula is C14H22N4O3. The van der Waals surface area contributed by atoms with Crippen LogP contribution >= 0.6 is 0 Å². The maximum atomic E-state index is 12.0. The second-order valence-electron chi connectivity index (χ2n) is 5.26. The fourth-order valence-electron chi connectivity index (χ4n) is 2.48. The number of carbonyl (C=O) groups is 2. The zero-order chi connectivity index (χ0) is 15.2. The van der Waals surface area contributed by atoms with E-state index in [-0.39, 0.29) is 30.8 Å². The summed E-state index contributed by atoms with van der Waals surface area (Å²) in [4.78, 5) is 24.9. The lowest BCUT2D eigenvalue weighted by Gasteiger charge is -2.17. The summed E-state index contributed by atoms with van der Waals surface area (Å²) in [5, 5.41) is 15.3. The van der Waals surface area contributed by atoms with Crippen molar-refractivity contribution < 1.29 is 14.7 Å². The summed E-state index contributed by atoms with van der Waals surface area (Å²) in [6.45, 7) is 1.91. The monoisotopic (exact) mass is 294 g/mol. The van der Waals surface area contributed by atoms with E-state index in [4.69, 9.17) is 0 Å². The van der Waals surface area contributed by atoms with Crippen LogP contribution in [0.1, 0.15) is 6.42 Å². The van der Waals surface area contributed by atoms with Gasteiger partial charge in [0.15, 0.2) is 0 Å². The quantitative estimate of drug-likeness (QED) is 0.692. The molecule has 0 aliphatic carbocycles. The van der Waals surface area contributed by atoms with Crippen LogP contribution in [0.3, 0.4) is 0 Å². The van der Waals surface area contributed by atoms with Crippen LogP contribution in [-0.4, -0.2) is 59.3 Å². The fraction of sp³-hybridized carbons (Fsp3) is 0.571. The van der Waals surface area contributed by atoms with Crippen LogP contribution in [-0.2, 0) is 11.3 Å². The van der Waals surface area contributed by atoms with Gasteiger partial charge in [0.1, 0.15) is 0 Å². The predicted molar refractivity (Wildman–Crippen MR) is 77.6 cm³/mol. The van der Waals surface area contributed by atoms with Crippen molar-refractivity contribution in [2.45, 2.75) is 19.1 Å². The Kier molecular flexibility index (Phi) is 5.21. The second kappa shape index (κ2) is 7.12. The summed E-state index contributed by atoms with van der Waals surface area (Å²) < 4.78 is 1.98. The number of urea groups is 1. The highest BCUT2D eigenvalue weighted by molar-refractivity contribution is 5.77. The van der Waals surface area contributed by atoms with Crippen LogP contribution in [0.4, 0.5) is 4.79 Å². The van der Waals surface area contributed by atoms with Gasteiger partial charge < -0.3 is 25.2 Å². The minimum absolute atomic E-state index is 0.117. The number of aliphatic hydroxyl groups is 1. The van der Waals surface area contributed by atoms with Crippen molar-refractivity contribution in [2.24, 2.45) is 5.92 Å². The summed E-state index contributed by atoms with van der Waals surface area (Å²) in [6.07, 6.45) is 3.47. The van der Waals surface area contributed by atoms with Crippen molar-refractivity contribution in [1.29, 1.82) is 0 Å². The number of nitrogens with one attached hydrogen (secondary N) is 2. The first-order valence-electron chi connectivity index (χ1n) is 7.12. The van der Waals surface area contributed by atoms with Gasteiger partial charge in [-0.1, -0.05) is 0 Å². The minimum Gasteiger partial charge on any atom is -0.391 e. The van der Waals surface area contributed by atoms with Gasteiger partial charge in [0.2, 0.25) is 5.91 Å². The average Bonchev–Trinajstić information content (AvgIpc) is 3.09. The van der Waals surface area contributed by atoms with Crippen LogP contribution in [0.15, 0.2) is 24.5 Å². The van der Waals surface area contributed by atoms with Crippen molar-refractivity contribution in [3.05, 3.63) is 24.5 Å². The predicted octanol–water partition coefficient (Wildman–Crippen LogP) is -0.373. The second-order valence-corrected chi connectivity index (χ2v) is 5.26. The lowest BCUT2D eigenvalue weighted by molar-refractivity contribution is -0.122. The maximum Gasteiger partial charge on any atom is 0.317 e. The Labute approximate surface area is 123 Å². The first kappa shape index (κ1) is 15.4. The Bertz CT molecular complexity index is 475. The number of hydrogen-bond donors (Lipinski definition) is 3. The van der Waals surface area contributed by atoms with Crippen LogP contribution in [0.2, 0.25) is 0 Å². The van der Waals surface area contributed by atoms with Crippen molar-refractivity contribution >= 4 is 11.9 Å². The molecule has 0 unspecified atom stereocenters. The third-order valence-electron chi connectivity index (χ3n) is 3.73. The molecule has 1 saturated heterocycles. The number of nitrogens with zero attached hydrogens (tertiary/aromatic N) is 2. The third-order valence-corrected chi connectivity index (χ3v) is 3.73. The minimum atomic E-state index is -0.641. The zero-order valence-corrected chi connectivity index (χ0v) is 12.2. The highest BCUT2D eigenvalue weighted by Crippen LogP contribution is 2.20. The number of carbonyl (C=O) groups excluding carboxylic acids is 2. The summed E-state index contributed by atoms with van der Waals surface area (Å²) >= 11 is 0. The van der Waals surface area contributed by atoms with E-state index in [0.29, 0.717) is 19.6 Å². The number of aliphatic hydroxyl groups excluding tert-OH is 1. The smallest absolute Gasteiger partial charge is 0.317 e. The highest BCUT2D eigenvalue weighted by Gasteiger charge is 2.34. The zero-order valence-electron chi connectivity index (χ0n) is 12.2. The standard InChI is InChI=1S/C14H22N4O3/c1-15-13(20)8-11-9-18(10-12(11)19)14(21)16-4-7-17-5-2-3-6-17/h2-3,5-6,11-12,19H,4,7-10H2,1H3,(H,15,20)(H,16,21)/t11-,12-/m1/s1. The number of likely N-dealkylation sites (tertiary alicyclic amines) is 1. The Balaban J connectivity index is 1.74. The molecule has 2 atom stereocenters. The first-order chi connectivity index (χ1) is 10.1. The molecule has 0 radical (unpaired) electrons. The normalized spacial score (nSPS) is 21.3. The van der Waals surface area contributed by atoms with E-state index in [0.717, 1.165) is 0 Å². The fourth-order valence-corrected chi connectivity index (χ4v) is 2.48. The molecule has 2 heterocycles. The van der Waals surface area contributed by atoms with Crippen molar-refractivity contribution in [1.82, 2.24) is 20.1 Å². The molecule has 21 heavy (non-hydrogen) atoms. The number of hydrogen-bond acceptors (Lipinski definition) is 3. The van der Waals surface area contributed by atoms with Crippen LogP contribution < -0.4 is 10.6 Å². The molecule has 3 N–H and O–H groups in total. The molecule has 2 rings (SSSR count). The third kappa shape index (κ3) is 4.22. The van der Waals surface area contributed by atoms with E-state index in [1.807, 2.05) is 29.1 Å². The molecule has 0 spiro atoms. The summed E-state index contributed by atoms with van der Waals surface area (Å²) in [7, 11) is 1.56. The number of β-amino-alcohol motifs (C(OH)–C–C–N with tert-alkyl or cyclic N) is 1. The summed E-state index contributed by atoms with van der Waals surface area (Å²) in [5.74, 6) is -0.311. The Hall–Kier alpha value is -2.02. The van der Waals surface area contributed by atoms with Crippen molar-refractivity contribution in [2.75, 3.05) is 26.7 Å². The lowest BCUT2D eigenvalue weighted by Crippen LogP contribution is -2.40. The van der Waals surface area contributed by atoms with Gasteiger partial charge in [0.05, 0.1) is 6.10 Å². The summed E-state index contributed by atoms with van der Waals surface area (Å²) in [5.41, 5.74) is 0. The average molecular weight is 294 g/mol. The first-order valence-corrected chi connectivity index (χ1v) is 7.12. The van der Waals surface area contributed by atoms with E-state index in [9.17, 15) is 14.7 Å². The highest BCUT2D eigenvalue weighted by atomic mass is 16.3. The molecule has 0 saturated carbocycles. The van der Waals surface area contributed by atoms with E-state index < -0.39 is 6.10 Å². The molecule has 3 amide bonds. The molecule has 7 nitrogen and oxygen atoms in total.